The molecule has 0 aliphatic carbocycles. The van der Waals surface area contributed by atoms with Crippen molar-refractivity contribution in [3.8, 4) is 0 Å². The van der Waals surface area contributed by atoms with E-state index >= 15 is 0 Å². The van der Waals surface area contributed by atoms with Crippen LogP contribution in [0.1, 0.15) is 47.0 Å². The molecule has 0 radical (unpaired) electrons. The van der Waals surface area contributed by atoms with Crippen LogP contribution in [0.3, 0.4) is 0 Å². The van der Waals surface area contributed by atoms with Gasteiger partial charge in [-0.15, -0.1) is 18.3 Å². The average molecular weight is 593 g/mol. The van der Waals surface area contributed by atoms with Gasteiger partial charge in [-0.25, -0.2) is 4.68 Å². The number of benzene rings is 1. The van der Waals surface area contributed by atoms with Crippen LogP contribution in [0.2, 0.25) is 0 Å². The molecule has 5 rings (SSSR count). The Labute approximate surface area is 253 Å². The molecule has 6 atom stereocenters. The van der Waals surface area contributed by atoms with E-state index in [1.54, 1.807) is 26.6 Å². The van der Waals surface area contributed by atoms with Crippen LogP contribution in [0.15, 0.2) is 49.6 Å². The molecule has 11 heteroatoms. The van der Waals surface area contributed by atoms with Crippen molar-refractivity contribution in [3.63, 3.8) is 0 Å². The van der Waals surface area contributed by atoms with Gasteiger partial charge in [0.25, 0.3) is 0 Å². The molecule has 1 spiro atoms. The zero-order chi connectivity index (χ0) is 31.1. The van der Waals surface area contributed by atoms with Crippen molar-refractivity contribution in [3.05, 3.63) is 49.6 Å². The molecule has 0 saturated carbocycles. The van der Waals surface area contributed by atoms with Crippen LogP contribution in [-0.2, 0) is 25.8 Å². The van der Waals surface area contributed by atoms with Crippen molar-refractivity contribution in [2.24, 2.45) is 17.8 Å². The van der Waals surface area contributed by atoms with Gasteiger partial charge in [0.05, 0.1) is 35.6 Å². The summed E-state index contributed by atoms with van der Waals surface area (Å²) < 4.78 is 8.48. The maximum atomic E-state index is 14.8. The fraction of sp³-hybridized carbons (Fsp3) is 0.594. The van der Waals surface area contributed by atoms with Gasteiger partial charge in [0.2, 0.25) is 17.7 Å². The normalized spacial score (nSPS) is 28.4. The lowest BCUT2D eigenvalue weighted by Gasteiger charge is -2.40. The lowest BCUT2D eigenvalue weighted by atomic mass is 9.66. The molecule has 232 valence electrons. The van der Waals surface area contributed by atoms with Gasteiger partial charge in [0, 0.05) is 19.6 Å². The summed E-state index contributed by atoms with van der Waals surface area (Å²) in [6.45, 7) is 16.3. The van der Waals surface area contributed by atoms with Gasteiger partial charge >= 0.3 is 0 Å². The van der Waals surface area contributed by atoms with E-state index in [4.69, 9.17) is 4.74 Å². The summed E-state index contributed by atoms with van der Waals surface area (Å²) in [7, 11) is 0. The topological polar surface area (TPSA) is 121 Å². The van der Waals surface area contributed by atoms with Crippen molar-refractivity contribution in [2.45, 2.75) is 76.9 Å². The Hall–Kier alpha value is -3.57. The van der Waals surface area contributed by atoms with E-state index < -0.39 is 35.1 Å². The molecule has 3 amide bonds. The van der Waals surface area contributed by atoms with Gasteiger partial charge in [0.1, 0.15) is 23.8 Å². The Balaban J connectivity index is 1.59. The number of carbonyl (C=O) groups is 3. The Bertz CT molecular complexity index is 1410. The monoisotopic (exact) mass is 592 g/mol. The number of para-hydroxylation sites is 1. The lowest BCUT2D eigenvalue weighted by Crippen LogP contribution is -2.59. The van der Waals surface area contributed by atoms with Crippen LogP contribution in [-0.4, -0.2) is 102 Å². The van der Waals surface area contributed by atoms with Gasteiger partial charge in [-0.05, 0) is 44.2 Å². The third-order valence-electron chi connectivity index (χ3n) is 9.57. The first-order valence-electron chi connectivity index (χ1n) is 15.3. The number of rotatable bonds is 13. The second kappa shape index (κ2) is 11.8. The Kier molecular flexibility index (Phi) is 8.50. The molecule has 3 saturated heterocycles. The first-order valence-corrected chi connectivity index (χ1v) is 15.3. The van der Waals surface area contributed by atoms with Crippen LogP contribution in [0.4, 0.5) is 0 Å². The summed E-state index contributed by atoms with van der Waals surface area (Å²) >= 11 is 0. The molecule has 43 heavy (non-hydrogen) atoms. The van der Waals surface area contributed by atoms with Crippen LogP contribution < -0.4 is 0 Å². The fourth-order valence-corrected chi connectivity index (χ4v) is 7.64. The number of ether oxygens (including phenoxy) is 1. The van der Waals surface area contributed by atoms with E-state index in [1.165, 1.54) is 4.90 Å². The van der Waals surface area contributed by atoms with E-state index in [0.717, 1.165) is 11.9 Å². The van der Waals surface area contributed by atoms with E-state index in [0.29, 0.717) is 31.4 Å². The third-order valence-corrected chi connectivity index (χ3v) is 9.57. The Morgan fingerprint density at radius 3 is 2.51 bits per heavy atom. The molecular formula is C32H44N6O5. The zero-order valence-corrected chi connectivity index (χ0v) is 25.7. The molecule has 1 N–H and O–H groups in total. The number of fused-ring (bicyclic) bond motifs is 2. The summed E-state index contributed by atoms with van der Waals surface area (Å²) in [6.07, 6.45) is 5.08. The fourth-order valence-electron chi connectivity index (χ4n) is 7.64. The Morgan fingerprint density at radius 1 is 1.16 bits per heavy atom. The minimum Gasteiger partial charge on any atom is -0.394 e. The van der Waals surface area contributed by atoms with Crippen molar-refractivity contribution >= 4 is 28.8 Å². The largest absolute Gasteiger partial charge is 0.394 e. The van der Waals surface area contributed by atoms with Gasteiger partial charge in [0.15, 0.2) is 0 Å². The van der Waals surface area contributed by atoms with E-state index in [2.05, 4.69) is 23.5 Å². The summed E-state index contributed by atoms with van der Waals surface area (Å²) in [5, 5.41) is 19.1. The highest BCUT2D eigenvalue weighted by Crippen LogP contribution is 2.64. The number of hydrogen-bond acceptors (Lipinski definition) is 7. The molecular weight excluding hydrogens is 548 g/mol. The highest BCUT2D eigenvalue weighted by molar-refractivity contribution is 5.99. The molecule has 11 nitrogen and oxygen atoms in total. The summed E-state index contributed by atoms with van der Waals surface area (Å²) in [5.74, 6) is -2.54. The summed E-state index contributed by atoms with van der Waals surface area (Å²) in [6, 6.07) is 5.83. The van der Waals surface area contributed by atoms with E-state index in [1.807, 2.05) is 52.0 Å². The van der Waals surface area contributed by atoms with Crippen molar-refractivity contribution in [2.75, 3.05) is 26.2 Å². The standard InChI is InChI=1S/C32H44N6O5/c1-7-16-35(17-8-2)28(40)25-26-29(41)38(24(19-39)21(4)5)27(32(26)15-14-31(25,6)43-32)30(42)36(18-9-3)20-37-23-13-11-10-12-22(23)33-34-37/h7,9-13,21,24-27,39H,1,3,8,14-20H2,2,4-6H3/t24-,25+,26-,27?,31-,32?/m0/s1. The van der Waals surface area contributed by atoms with Gasteiger partial charge in [-0.1, -0.05) is 50.3 Å². The molecule has 1 aromatic heterocycles. The zero-order valence-electron chi connectivity index (χ0n) is 25.7. The number of carbonyl (C=O) groups excluding carboxylic acids is 3. The number of aliphatic hydroxyl groups excluding tert-OH is 1. The number of amides is 3. The van der Waals surface area contributed by atoms with E-state index in [-0.39, 0.29) is 43.5 Å². The number of nitrogens with zero attached hydrogens (tertiary/aromatic N) is 6. The van der Waals surface area contributed by atoms with Crippen molar-refractivity contribution in [1.82, 2.24) is 29.7 Å². The minimum atomic E-state index is -1.21. The highest BCUT2D eigenvalue weighted by atomic mass is 16.5. The second-order valence-corrected chi connectivity index (χ2v) is 12.6. The second-order valence-electron chi connectivity index (χ2n) is 12.6. The van der Waals surface area contributed by atoms with Gasteiger partial charge < -0.3 is 24.5 Å². The smallest absolute Gasteiger partial charge is 0.250 e. The lowest BCUT2D eigenvalue weighted by molar-refractivity contribution is -0.158. The Morgan fingerprint density at radius 2 is 1.86 bits per heavy atom. The number of aromatic nitrogens is 3. The number of aliphatic hydroxyl groups is 1. The van der Waals surface area contributed by atoms with E-state index in [9.17, 15) is 19.5 Å². The van der Waals surface area contributed by atoms with Crippen LogP contribution in [0, 0.1) is 17.8 Å². The number of likely N-dealkylation sites (tertiary alicyclic amines) is 1. The molecule has 2 aromatic rings. The SMILES string of the molecule is C=CCN(Cn1nnc2ccccc21)C(=O)C1N([C@@H](CO)C(C)C)C(=O)[C@@H]2[C@H](C(=O)N(CC=C)CCC)[C@]3(C)CCC12O3. The average Bonchev–Trinajstić information content (AvgIpc) is 3.68. The first kappa shape index (κ1) is 30.9. The molecule has 3 fully saturated rings. The van der Waals surface area contributed by atoms with Crippen LogP contribution >= 0.6 is 0 Å². The molecule has 1 aromatic carbocycles. The van der Waals surface area contributed by atoms with Crippen LogP contribution in [0.25, 0.3) is 11.0 Å². The maximum Gasteiger partial charge on any atom is 0.250 e. The molecule has 3 aliphatic heterocycles. The summed E-state index contributed by atoms with van der Waals surface area (Å²) in [5.41, 5.74) is -0.632. The predicted octanol–water partition coefficient (Wildman–Crippen LogP) is 2.61. The highest BCUT2D eigenvalue weighted by Gasteiger charge is 2.79. The third kappa shape index (κ3) is 4.86. The van der Waals surface area contributed by atoms with Crippen molar-refractivity contribution in [1.29, 1.82) is 0 Å². The molecule has 4 heterocycles. The van der Waals surface area contributed by atoms with Crippen molar-refractivity contribution < 1.29 is 24.2 Å². The summed E-state index contributed by atoms with van der Waals surface area (Å²) in [4.78, 5) is 48.4. The van der Waals surface area contributed by atoms with Crippen LogP contribution in [0.5, 0.6) is 0 Å². The quantitative estimate of drug-likeness (QED) is 0.355. The number of hydrogen-bond donors (Lipinski definition) is 1. The maximum absolute atomic E-state index is 14.8. The molecule has 2 unspecified atom stereocenters. The minimum absolute atomic E-state index is 0.0827. The molecule has 2 bridgehead atoms. The molecule has 3 aliphatic rings. The predicted molar refractivity (Wildman–Crippen MR) is 161 cm³/mol. The van der Waals surface area contributed by atoms with Gasteiger partial charge in [-0.3, -0.25) is 14.4 Å². The first-order chi connectivity index (χ1) is 20.6. The van der Waals surface area contributed by atoms with Gasteiger partial charge in [-0.2, -0.15) is 0 Å².